The summed E-state index contributed by atoms with van der Waals surface area (Å²) in [6.07, 6.45) is 4.09. The van der Waals surface area contributed by atoms with Gasteiger partial charge in [-0.2, -0.15) is 4.73 Å². The van der Waals surface area contributed by atoms with Crippen molar-refractivity contribution in [2.75, 3.05) is 6.61 Å². The maximum Gasteiger partial charge on any atom is 0.339 e. The molecule has 1 heterocycles. The van der Waals surface area contributed by atoms with Crippen molar-refractivity contribution in [1.29, 1.82) is 0 Å². The second kappa shape index (κ2) is 8.76. The summed E-state index contributed by atoms with van der Waals surface area (Å²) in [4.78, 5) is 12.8. The molecule has 0 saturated heterocycles. The van der Waals surface area contributed by atoms with Crippen LogP contribution in [0.3, 0.4) is 0 Å². The molecule has 162 valence electrons. The Morgan fingerprint density at radius 2 is 2.00 bits per heavy atom. The zero-order chi connectivity index (χ0) is 22.1. The van der Waals surface area contributed by atoms with Gasteiger partial charge in [0.1, 0.15) is 0 Å². The van der Waals surface area contributed by atoms with E-state index in [-0.39, 0.29) is 11.9 Å². The van der Waals surface area contributed by atoms with E-state index in [1.165, 1.54) is 0 Å². The molecule has 0 N–H and O–H groups in total. The largest absolute Gasteiger partial charge is 0.618 e. The molecule has 0 aliphatic heterocycles. The van der Waals surface area contributed by atoms with Crippen LogP contribution in [-0.4, -0.2) is 24.3 Å². The smallest absolute Gasteiger partial charge is 0.339 e. The number of carbonyl (C=O) groups is 1. The molecule has 0 amide bonds. The Hall–Kier alpha value is -2.40. The molecular formula is C25H33NO4. The number of rotatable bonds is 5. The molecule has 1 aliphatic carbocycles. The van der Waals surface area contributed by atoms with Crippen molar-refractivity contribution in [2.24, 2.45) is 0 Å². The maximum atomic E-state index is 13.1. The van der Waals surface area contributed by atoms with E-state index in [1.54, 1.807) is 6.92 Å². The number of fused-ring (bicyclic) bond motifs is 1. The predicted molar refractivity (Wildman–Crippen MR) is 118 cm³/mol. The van der Waals surface area contributed by atoms with Gasteiger partial charge in [0.15, 0.2) is 11.8 Å². The van der Waals surface area contributed by atoms with Crippen LogP contribution in [0.1, 0.15) is 69.7 Å². The number of benzene rings is 1. The Morgan fingerprint density at radius 3 is 2.67 bits per heavy atom. The lowest BCUT2D eigenvalue weighted by Gasteiger charge is -2.33. The van der Waals surface area contributed by atoms with E-state index in [0.29, 0.717) is 17.8 Å². The van der Waals surface area contributed by atoms with E-state index in [4.69, 9.17) is 9.47 Å². The number of ether oxygens (including phenoxy) is 2. The topological polar surface area (TPSA) is 62.5 Å². The maximum absolute atomic E-state index is 13.1. The van der Waals surface area contributed by atoms with E-state index in [1.807, 2.05) is 52.8 Å². The number of hydrogen-bond acceptors (Lipinski definition) is 4. The highest BCUT2D eigenvalue weighted by molar-refractivity contribution is 5.80. The van der Waals surface area contributed by atoms with Crippen LogP contribution in [0.2, 0.25) is 0 Å². The molecule has 2 atom stereocenters. The average Bonchev–Trinajstić information content (AvgIpc) is 2.69. The quantitative estimate of drug-likeness (QED) is 0.300. The van der Waals surface area contributed by atoms with Crippen molar-refractivity contribution in [3.63, 3.8) is 0 Å². The average molecular weight is 412 g/mol. The molecular weight excluding hydrogens is 378 g/mol. The number of esters is 1. The first-order valence-electron chi connectivity index (χ1n) is 10.8. The number of pyridine rings is 1. The summed E-state index contributed by atoms with van der Waals surface area (Å²) in [5, 5.41) is 14.0. The van der Waals surface area contributed by atoms with Crippen molar-refractivity contribution < 1.29 is 19.0 Å². The molecule has 0 fully saturated rings. The zero-order valence-corrected chi connectivity index (χ0v) is 19.0. The van der Waals surface area contributed by atoms with E-state index in [2.05, 4.69) is 12.1 Å². The first-order valence-corrected chi connectivity index (χ1v) is 10.8. The molecule has 0 radical (unpaired) electrons. The Morgan fingerprint density at radius 1 is 1.27 bits per heavy atom. The highest BCUT2D eigenvalue weighted by atomic mass is 16.6. The SMILES string of the molecule is CCOC(=O)[C@@H](OC(C)(C)C)C1=CCCCC1c1cc2ccc(C)cc2[n+]([O-])c1C. The van der Waals surface area contributed by atoms with Crippen LogP contribution in [0.5, 0.6) is 0 Å². The third-order valence-corrected chi connectivity index (χ3v) is 5.57. The first-order chi connectivity index (χ1) is 14.1. The highest BCUT2D eigenvalue weighted by Crippen LogP contribution is 2.39. The predicted octanol–water partition coefficient (Wildman–Crippen LogP) is 5.03. The van der Waals surface area contributed by atoms with E-state index >= 15 is 0 Å². The van der Waals surface area contributed by atoms with Crippen molar-refractivity contribution in [3.8, 4) is 0 Å². The molecule has 5 heteroatoms. The standard InChI is InChI=1S/C25H33NO4/c1-7-29-24(27)23(30-25(4,5)6)20-11-9-8-10-19(20)21-15-18-13-12-16(2)14-22(18)26(28)17(21)3/h11-15,19,23H,7-10H2,1-6H3/t19?,23-/m0/s1. The van der Waals surface area contributed by atoms with Gasteiger partial charge >= 0.3 is 5.97 Å². The fraction of sp³-hybridized carbons (Fsp3) is 0.520. The normalized spacial score (nSPS) is 18.2. The molecule has 1 unspecified atom stereocenters. The van der Waals surface area contributed by atoms with Gasteiger partial charge in [0.2, 0.25) is 5.52 Å². The van der Waals surface area contributed by atoms with Crippen LogP contribution < -0.4 is 4.73 Å². The third kappa shape index (κ3) is 4.67. The number of aromatic nitrogens is 1. The molecule has 30 heavy (non-hydrogen) atoms. The highest BCUT2D eigenvalue weighted by Gasteiger charge is 2.37. The summed E-state index contributed by atoms with van der Waals surface area (Å²) in [6.45, 7) is 11.8. The number of carbonyl (C=O) groups excluding carboxylic acids is 1. The number of aryl methyl sites for hydroxylation is 1. The lowest BCUT2D eigenvalue weighted by molar-refractivity contribution is -0.584. The number of nitrogens with zero attached hydrogens (tertiary/aromatic N) is 1. The Labute approximate surface area is 179 Å². The molecule has 5 nitrogen and oxygen atoms in total. The molecule has 1 aliphatic rings. The van der Waals surface area contributed by atoms with Crippen LogP contribution in [0.25, 0.3) is 10.9 Å². The molecule has 3 rings (SSSR count). The molecule has 0 saturated carbocycles. The van der Waals surface area contributed by atoms with Gasteiger partial charge in [0.25, 0.3) is 0 Å². The lowest BCUT2D eigenvalue weighted by atomic mass is 9.79. The number of allylic oxidation sites excluding steroid dienone is 1. The van der Waals surface area contributed by atoms with Gasteiger partial charge in [-0.1, -0.05) is 12.1 Å². The van der Waals surface area contributed by atoms with Crippen molar-refractivity contribution in [1.82, 2.24) is 0 Å². The van der Waals surface area contributed by atoms with Crippen molar-refractivity contribution in [2.45, 2.75) is 78.4 Å². The third-order valence-electron chi connectivity index (χ3n) is 5.57. The van der Waals surface area contributed by atoms with E-state index < -0.39 is 11.7 Å². The molecule has 0 bridgehead atoms. The summed E-state index contributed by atoms with van der Waals surface area (Å²) in [5.74, 6) is -0.420. The van der Waals surface area contributed by atoms with Gasteiger partial charge in [-0.3, -0.25) is 0 Å². The van der Waals surface area contributed by atoms with Gasteiger partial charge in [-0.25, -0.2) is 4.79 Å². The first kappa shape index (κ1) is 22.3. The van der Waals surface area contributed by atoms with Crippen LogP contribution in [-0.2, 0) is 14.3 Å². The fourth-order valence-electron chi connectivity index (χ4n) is 4.22. The Bertz CT molecular complexity index is 971. The van der Waals surface area contributed by atoms with Crippen molar-refractivity contribution in [3.05, 3.63) is 57.9 Å². The monoisotopic (exact) mass is 411 g/mol. The van der Waals surface area contributed by atoms with Gasteiger partial charge in [0, 0.05) is 29.9 Å². The van der Waals surface area contributed by atoms with Crippen molar-refractivity contribution >= 4 is 16.9 Å². The van der Waals surface area contributed by atoms with Crippen LogP contribution >= 0.6 is 0 Å². The second-order valence-corrected chi connectivity index (χ2v) is 9.09. The van der Waals surface area contributed by atoms with Crippen LogP contribution in [0, 0.1) is 19.1 Å². The minimum Gasteiger partial charge on any atom is -0.618 e. The summed E-state index contributed by atoms with van der Waals surface area (Å²) < 4.78 is 12.6. The molecule has 1 aromatic heterocycles. The molecule has 1 aromatic carbocycles. The van der Waals surface area contributed by atoms with Crippen LogP contribution in [0.15, 0.2) is 35.9 Å². The molecule has 2 aromatic rings. The summed E-state index contributed by atoms with van der Waals surface area (Å²) in [7, 11) is 0. The number of hydrogen-bond donors (Lipinski definition) is 0. The zero-order valence-electron chi connectivity index (χ0n) is 19.0. The molecule has 0 spiro atoms. The van der Waals surface area contributed by atoms with E-state index in [0.717, 1.165) is 46.1 Å². The van der Waals surface area contributed by atoms with Gasteiger partial charge in [-0.15, -0.1) is 0 Å². The summed E-state index contributed by atoms with van der Waals surface area (Å²) in [6, 6.07) is 8.02. The summed E-state index contributed by atoms with van der Waals surface area (Å²) in [5.41, 5.74) is 3.76. The Kier molecular flexibility index (Phi) is 6.51. The summed E-state index contributed by atoms with van der Waals surface area (Å²) >= 11 is 0. The minimum absolute atomic E-state index is 0.0543. The van der Waals surface area contributed by atoms with Gasteiger partial charge in [-0.05, 0) is 77.2 Å². The second-order valence-electron chi connectivity index (χ2n) is 9.09. The fourth-order valence-corrected chi connectivity index (χ4v) is 4.22. The van der Waals surface area contributed by atoms with E-state index in [9.17, 15) is 10.0 Å². The minimum atomic E-state index is -0.775. The van der Waals surface area contributed by atoms with Gasteiger partial charge in [0.05, 0.1) is 12.2 Å². The van der Waals surface area contributed by atoms with Crippen LogP contribution in [0.4, 0.5) is 0 Å². The Balaban J connectivity index is 2.10. The van der Waals surface area contributed by atoms with Gasteiger partial charge < -0.3 is 14.7 Å². The lowest BCUT2D eigenvalue weighted by Crippen LogP contribution is -2.39.